The van der Waals surface area contributed by atoms with E-state index < -0.39 is 0 Å². The number of ether oxygens (including phenoxy) is 3. The average molecular weight is 656 g/mol. The van der Waals surface area contributed by atoms with Crippen LogP contribution in [0.3, 0.4) is 0 Å². The van der Waals surface area contributed by atoms with E-state index in [1.54, 1.807) is 0 Å². The summed E-state index contributed by atoms with van der Waals surface area (Å²) in [6, 6.07) is 3.76. The van der Waals surface area contributed by atoms with Crippen LogP contribution in [0.5, 0.6) is 17.2 Å². The summed E-state index contributed by atoms with van der Waals surface area (Å²) < 4.78 is 19.2. The second kappa shape index (κ2) is 28.3. The summed E-state index contributed by atoms with van der Waals surface area (Å²) >= 11 is 0. The van der Waals surface area contributed by atoms with E-state index in [1.807, 2.05) is 12.1 Å². The molecule has 0 radical (unpaired) electrons. The molecule has 2 N–H and O–H groups in total. The molecule has 2 rings (SSSR count). The molecule has 0 unspecified atom stereocenters. The fraction of sp³-hybridized carbons (Fsp3) is 0.750. The topological polar surface area (TPSA) is 85.5 Å². The Bertz CT molecular complexity index is 968. The van der Waals surface area contributed by atoms with Crippen LogP contribution in [0.25, 0.3) is 0 Å². The van der Waals surface area contributed by atoms with Gasteiger partial charge in [0.1, 0.15) is 5.69 Å². The van der Waals surface area contributed by atoms with E-state index in [9.17, 15) is 4.79 Å². The molecule has 0 aliphatic rings. The number of imidazole rings is 1. The number of carbonyl (C=O) groups is 1. The predicted molar refractivity (Wildman–Crippen MR) is 197 cm³/mol. The molecule has 7 nitrogen and oxygen atoms in total. The second-order valence-corrected chi connectivity index (χ2v) is 13.2. The van der Waals surface area contributed by atoms with Crippen molar-refractivity contribution in [2.45, 2.75) is 175 Å². The van der Waals surface area contributed by atoms with Crippen LogP contribution in [-0.2, 0) is 0 Å². The van der Waals surface area contributed by atoms with Gasteiger partial charge in [-0.25, -0.2) is 4.98 Å². The van der Waals surface area contributed by atoms with Crippen molar-refractivity contribution in [2.24, 2.45) is 0 Å². The number of H-pyrrole nitrogens is 1. The molecule has 0 atom stereocenters. The quantitative estimate of drug-likeness (QED) is 0.0766. The lowest BCUT2D eigenvalue weighted by Crippen LogP contribution is -2.13. The molecule has 2 aromatic rings. The first-order valence-electron chi connectivity index (χ1n) is 19.6. The van der Waals surface area contributed by atoms with Gasteiger partial charge in [-0.2, -0.15) is 0 Å². The third-order valence-electron chi connectivity index (χ3n) is 8.78. The fourth-order valence-corrected chi connectivity index (χ4v) is 5.83. The van der Waals surface area contributed by atoms with Crippen LogP contribution >= 0.6 is 0 Å². The number of hydrogen-bond acceptors (Lipinski definition) is 5. The largest absolute Gasteiger partial charge is 0.489 e. The van der Waals surface area contributed by atoms with Crippen molar-refractivity contribution in [3.8, 4) is 17.2 Å². The first kappa shape index (κ1) is 40.5. The van der Waals surface area contributed by atoms with E-state index in [0.29, 0.717) is 48.5 Å². The van der Waals surface area contributed by atoms with E-state index in [1.165, 1.54) is 128 Å². The normalized spacial score (nSPS) is 11.1. The van der Waals surface area contributed by atoms with Gasteiger partial charge in [0.05, 0.1) is 32.3 Å². The van der Waals surface area contributed by atoms with E-state index in [4.69, 9.17) is 14.2 Å². The highest BCUT2D eigenvalue weighted by Gasteiger charge is 2.18. The first-order chi connectivity index (χ1) is 23.2. The van der Waals surface area contributed by atoms with Crippen LogP contribution in [0, 0.1) is 0 Å². The number of hydrogen-bond donors (Lipinski definition) is 2. The van der Waals surface area contributed by atoms with Gasteiger partial charge < -0.3 is 24.5 Å². The Hall–Kier alpha value is -2.70. The van der Waals surface area contributed by atoms with Gasteiger partial charge in [-0.05, 0) is 19.3 Å². The molecule has 0 fully saturated rings. The molecule has 0 saturated heterocycles. The number of benzene rings is 1. The first-order valence-corrected chi connectivity index (χ1v) is 19.6. The highest BCUT2D eigenvalue weighted by atomic mass is 16.5. The SMILES string of the molecule is CCCCCCCCCCOc1cc(NC(=O)c2cnc[nH]2)cc(OCCCCCCCCCC)c1OCCCCCCCCCC. The van der Waals surface area contributed by atoms with Crippen LogP contribution in [0.15, 0.2) is 24.7 Å². The van der Waals surface area contributed by atoms with Crippen molar-refractivity contribution in [1.29, 1.82) is 0 Å². The zero-order chi connectivity index (χ0) is 33.6. The van der Waals surface area contributed by atoms with E-state index >= 15 is 0 Å². The summed E-state index contributed by atoms with van der Waals surface area (Å²) in [5.41, 5.74) is 1.03. The molecule has 268 valence electrons. The number of unbranched alkanes of at least 4 members (excludes halogenated alkanes) is 21. The Morgan fingerprint density at radius 3 is 1.34 bits per heavy atom. The summed E-state index contributed by atoms with van der Waals surface area (Å²) in [5.74, 6) is 1.69. The number of nitrogens with one attached hydrogen (secondary N) is 2. The van der Waals surface area contributed by atoms with Crippen LogP contribution < -0.4 is 19.5 Å². The number of anilines is 1. The lowest BCUT2D eigenvalue weighted by atomic mass is 10.1. The standard InChI is InChI=1S/C40H69N3O4/c1-4-7-10-13-16-19-22-25-28-45-37-31-35(43-40(44)36-33-41-34-42-36)32-38(46-29-26-23-20-17-14-11-8-5-2)39(37)47-30-27-24-21-18-15-12-9-6-3/h31-34H,4-30H2,1-3H3,(H,41,42)(H,43,44). The molecule has 1 heterocycles. The maximum atomic E-state index is 12.9. The molecule has 0 bridgehead atoms. The third-order valence-corrected chi connectivity index (χ3v) is 8.78. The minimum absolute atomic E-state index is 0.252. The van der Waals surface area contributed by atoms with E-state index in [2.05, 4.69) is 36.1 Å². The zero-order valence-corrected chi connectivity index (χ0v) is 30.5. The van der Waals surface area contributed by atoms with Crippen molar-refractivity contribution in [3.05, 3.63) is 30.4 Å². The van der Waals surface area contributed by atoms with Gasteiger partial charge in [0, 0.05) is 17.8 Å². The number of aromatic amines is 1. The Kier molecular flexibility index (Phi) is 24.4. The summed E-state index contributed by atoms with van der Waals surface area (Å²) in [6.07, 6.45) is 32.9. The lowest BCUT2D eigenvalue weighted by molar-refractivity contribution is 0.102. The predicted octanol–water partition coefficient (Wildman–Crippen LogP) is 12.2. The Labute approximate surface area is 287 Å². The average Bonchev–Trinajstić information content (AvgIpc) is 3.62. The molecule has 1 aromatic heterocycles. The Morgan fingerprint density at radius 1 is 0.574 bits per heavy atom. The van der Waals surface area contributed by atoms with E-state index in [0.717, 1.165) is 38.5 Å². The smallest absolute Gasteiger partial charge is 0.273 e. The molecule has 0 aliphatic heterocycles. The summed E-state index contributed by atoms with van der Waals surface area (Å²) in [5, 5.41) is 3.00. The van der Waals surface area contributed by atoms with Gasteiger partial charge in [-0.1, -0.05) is 156 Å². The van der Waals surface area contributed by atoms with Crippen molar-refractivity contribution >= 4 is 11.6 Å². The maximum Gasteiger partial charge on any atom is 0.273 e. The van der Waals surface area contributed by atoms with Crippen LogP contribution in [0.2, 0.25) is 0 Å². The molecule has 47 heavy (non-hydrogen) atoms. The van der Waals surface area contributed by atoms with Gasteiger partial charge >= 0.3 is 0 Å². The number of amides is 1. The summed E-state index contributed by atoms with van der Waals surface area (Å²) in [6.45, 7) is 8.62. The van der Waals surface area contributed by atoms with Crippen molar-refractivity contribution in [2.75, 3.05) is 25.1 Å². The van der Waals surface area contributed by atoms with Gasteiger partial charge in [0.15, 0.2) is 11.5 Å². The summed E-state index contributed by atoms with van der Waals surface area (Å²) in [4.78, 5) is 19.8. The second-order valence-electron chi connectivity index (χ2n) is 13.2. The molecule has 1 amide bonds. The number of carbonyl (C=O) groups excluding carboxylic acids is 1. The Balaban J connectivity index is 2.05. The molecule has 7 heteroatoms. The van der Waals surface area contributed by atoms with Gasteiger partial charge in [0.2, 0.25) is 5.75 Å². The van der Waals surface area contributed by atoms with Crippen LogP contribution in [0.1, 0.15) is 185 Å². The van der Waals surface area contributed by atoms with E-state index in [-0.39, 0.29) is 5.91 Å². The molecule has 1 aromatic carbocycles. The number of aromatic nitrogens is 2. The summed E-state index contributed by atoms with van der Waals surface area (Å²) in [7, 11) is 0. The molecular formula is C40H69N3O4. The molecule has 0 saturated carbocycles. The minimum atomic E-state index is -0.252. The highest BCUT2D eigenvalue weighted by Crippen LogP contribution is 2.41. The van der Waals surface area contributed by atoms with Gasteiger partial charge in [-0.15, -0.1) is 0 Å². The number of nitrogens with zero attached hydrogens (tertiary/aromatic N) is 1. The fourth-order valence-electron chi connectivity index (χ4n) is 5.83. The molecular weight excluding hydrogens is 586 g/mol. The Morgan fingerprint density at radius 2 is 0.957 bits per heavy atom. The highest BCUT2D eigenvalue weighted by molar-refractivity contribution is 6.03. The third kappa shape index (κ3) is 19.7. The maximum absolute atomic E-state index is 12.9. The lowest BCUT2D eigenvalue weighted by Gasteiger charge is -2.19. The zero-order valence-electron chi connectivity index (χ0n) is 30.5. The van der Waals surface area contributed by atoms with Crippen LogP contribution in [-0.4, -0.2) is 35.7 Å². The number of rotatable bonds is 32. The molecule has 0 aliphatic carbocycles. The van der Waals surface area contributed by atoms with Gasteiger partial charge in [-0.3, -0.25) is 4.79 Å². The van der Waals surface area contributed by atoms with Crippen molar-refractivity contribution in [3.63, 3.8) is 0 Å². The monoisotopic (exact) mass is 656 g/mol. The molecule has 0 spiro atoms. The van der Waals surface area contributed by atoms with Crippen molar-refractivity contribution in [1.82, 2.24) is 9.97 Å². The van der Waals surface area contributed by atoms with Gasteiger partial charge in [0.25, 0.3) is 5.91 Å². The van der Waals surface area contributed by atoms with Crippen molar-refractivity contribution < 1.29 is 19.0 Å². The van der Waals surface area contributed by atoms with Crippen LogP contribution in [0.4, 0.5) is 5.69 Å². The minimum Gasteiger partial charge on any atom is -0.489 e.